The predicted octanol–water partition coefficient (Wildman–Crippen LogP) is -0.825. The largest absolute Gasteiger partial charge is 0.481 e. The van der Waals surface area contributed by atoms with Crippen LogP contribution in [0.25, 0.3) is 0 Å². The van der Waals surface area contributed by atoms with E-state index < -0.39 is 12.1 Å². The third-order valence-corrected chi connectivity index (χ3v) is 3.24. The molecule has 0 aromatic rings. The molecule has 0 aromatic heterocycles. The van der Waals surface area contributed by atoms with E-state index in [0.29, 0.717) is 13.0 Å². The van der Waals surface area contributed by atoms with Gasteiger partial charge in [0.2, 0.25) is 5.91 Å². The number of β-amino-alcohol motifs (C(OH)–C–C–N with tert-alkyl or cyclic N) is 1. The van der Waals surface area contributed by atoms with E-state index in [1.807, 2.05) is 0 Å². The SMILES string of the molecule is O=C(O)CCN(C(=O)C1CC(O)CN1)C1CC1. The summed E-state index contributed by atoms with van der Waals surface area (Å²) in [5.41, 5.74) is 0. The molecule has 3 N–H and O–H groups in total. The summed E-state index contributed by atoms with van der Waals surface area (Å²) in [6, 6.07) is -0.138. The van der Waals surface area contributed by atoms with Crippen LogP contribution in [0.1, 0.15) is 25.7 Å². The molecule has 1 saturated carbocycles. The number of nitrogens with zero attached hydrogens (tertiary/aromatic N) is 1. The minimum Gasteiger partial charge on any atom is -0.481 e. The molecule has 1 heterocycles. The summed E-state index contributed by atoms with van der Waals surface area (Å²) in [4.78, 5) is 24.4. The minimum absolute atomic E-state index is 0.0164. The Morgan fingerprint density at radius 3 is 2.53 bits per heavy atom. The highest BCUT2D eigenvalue weighted by Crippen LogP contribution is 2.28. The lowest BCUT2D eigenvalue weighted by Gasteiger charge is -2.25. The molecule has 2 rings (SSSR count). The molecule has 2 unspecified atom stereocenters. The number of aliphatic hydroxyl groups excluding tert-OH is 1. The summed E-state index contributed by atoms with van der Waals surface area (Å²) < 4.78 is 0. The molecule has 96 valence electrons. The van der Waals surface area contributed by atoms with Gasteiger partial charge in [-0.15, -0.1) is 0 Å². The molecule has 1 amide bonds. The lowest BCUT2D eigenvalue weighted by atomic mass is 10.1. The molecular weight excluding hydrogens is 224 g/mol. The van der Waals surface area contributed by atoms with Gasteiger partial charge in [-0.1, -0.05) is 0 Å². The Hall–Kier alpha value is -1.14. The first kappa shape index (κ1) is 12.3. The third kappa shape index (κ3) is 3.17. The van der Waals surface area contributed by atoms with E-state index in [1.54, 1.807) is 4.90 Å². The number of carboxylic acids is 1. The van der Waals surface area contributed by atoms with Gasteiger partial charge in [0, 0.05) is 19.1 Å². The molecule has 6 nitrogen and oxygen atoms in total. The Morgan fingerprint density at radius 2 is 2.06 bits per heavy atom. The Labute approximate surface area is 99.6 Å². The van der Waals surface area contributed by atoms with Crippen molar-refractivity contribution >= 4 is 11.9 Å². The lowest BCUT2D eigenvalue weighted by molar-refractivity contribution is -0.139. The number of carboxylic acid groups (broad SMARTS) is 1. The van der Waals surface area contributed by atoms with E-state index in [4.69, 9.17) is 5.11 Å². The van der Waals surface area contributed by atoms with Gasteiger partial charge in [0.1, 0.15) is 0 Å². The van der Waals surface area contributed by atoms with Crippen LogP contribution in [0.2, 0.25) is 0 Å². The van der Waals surface area contributed by atoms with Gasteiger partial charge in [-0.25, -0.2) is 0 Å². The molecule has 1 aliphatic heterocycles. The lowest BCUT2D eigenvalue weighted by Crippen LogP contribution is -2.45. The van der Waals surface area contributed by atoms with Crippen LogP contribution < -0.4 is 5.32 Å². The molecular formula is C11H18N2O4. The van der Waals surface area contributed by atoms with Crippen LogP contribution in [-0.2, 0) is 9.59 Å². The molecule has 17 heavy (non-hydrogen) atoms. The number of rotatable bonds is 5. The summed E-state index contributed by atoms with van der Waals surface area (Å²) in [6.45, 7) is 0.709. The maximum absolute atomic E-state index is 12.1. The third-order valence-electron chi connectivity index (χ3n) is 3.24. The summed E-state index contributed by atoms with van der Waals surface area (Å²) in [6.07, 6.45) is 1.86. The zero-order valence-corrected chi connectivity index (χ0v) is 9.63. The Kier molecular flexibility index (Phi) is 3.63. The van der Waals surface area contributed by atoms with Gasteiger partial charge >= 0.3 is 5.97 Å². The van der Waals surface area contributed by atoms with Crippen LogP contribution in [0.4, 0.5) is 0 Å². The number of hydrogen-bond acceptors (Lipinski definition) is 4. The molecule has 2 fully saturated rings. The molecule has 0 bridgehead atoms. The number of carbonyl (C=O) groups is 2. The molecule has 1 saturated heterocycles. The zero-order valence-electron chi connectivity index (χ0n) is 9.63. The molecule has 0 radical (unpaired) electrons. The predicted molar refractivity (Wildman–Crippen MR) is 59.4 cm³/mol. The molecule has 1 aliphatic carbocycles. The number of aliphatic hydroxyl groups is 1. The maximum Gasteiger partial charge on any atom is 0.305 e. The first-order chi connectivity index (χ1) is 8.08. The van der Waals surface area contributed by atoms with E-state index in [9.17, 15) is 14.7 Å². The number of carbonyl (C=O) groups excluding carboxylic acids is 1. The fraction of sp³-hybridized carbons (Fsp3) is 0.818. The van der Waals surface area contributed by atoms with Crippen molar-refractivity contribution in [3.63, 3.8) is 0 Å². The van der Waals surface area contributed by atoms with E-state index in [-0.39, 0.29) is 31.0 Å². The van der Waals surface area contributed by atoms with Gasteiger partial charge in [-0.05, 0) is 19.3 Å². The van der Waals surface area contributed by atoms with E-state index in [1.165, 1.54) is 0 Å². The fourth-order valence-corrected chi connectivity index (χ4v) is 2.18. The second kappa shape index (κ2) is 5.01. The fourth-order valence-electron chi connectivity index (χ4n) is 2.18. The average Bonchev–Trinajstić information content (AvgIpc) is 3.00. The molecule has 2 aliphatic rings. The highest BCUT2D eigenvalue weighted by atomic mass is 16.4. The van der Waals surface area contributed by atoms with Crippen molar-refractivity contribution in [2.75, 3.05) is 13.1 Å². The second-order valence-electron chi connectivity index (χ2n) is 4.76. The molecule has 0 spiro atoms. The quantitative estimate of drug-likeness (QED) is 0.586. The van der Waals surface area contributed by atoms with Crippen molar-refractivity contribution in [2.24, 2.45) is 0 Å². The van der Waals surface area contributed by atoms with Gasteiger partial charge in [0.05, 0.1) is 18.6 Å². The normalized spacial score (nSPS) is 28.1. The van der Waals surface area contributed by atoms with Crippen LogP contribution in [0.15, 0.2) is 0 Å². The second-order valence-corrected chi connectivity index (χ2v) is 4.76. The Bertz CT molecular complexity index is 317. The molecule has 2 atom stereocenters. The Morgan fingerprint density at radius 1 is 1.35 bits per heavy atom. The minimum atomic E-state index is -0.886. The van der Waals surface area contributed by atoms with Crippen molar-refractivity contribution in [3.05, 3.63) is 0 Å². The van der Waals surface area contributed by atoms with Crippen LogP contribution in [0, 0.1) is 0 Å². The first-order valence-corrected chi connectivity index (χ1v) is 6.01. The molecule has 0 aromatic carbocycles. The van der Waals surface area contributed by atoms with Gasteiger partial charge in [-0.2, -0.15) is 0 Å². The van der Waals surface area contributed by atoms with Gasteiger partial charge in [0.25, 0.3) is 0 Å². The average molecular weight is 242 g/mol. The summed E-state index contributed by atoms with van der Waals surface area (Å²) in [5, 5.41) is 21.0. The highest BCUT2D eigenvalue weighted by molar-refractivity contribution is 5.83. The van der Waals surface area contributed by atoms with Crippen LogP contribution in [0.3, 0.4) is 0 Å². The summed E-state index contributed by atoms with van der Waals surface area (Å²) >= 11 is 0. The Balaban J connectivity index is 1.90. The zero-order chi connectivity index (χ0) is 12.4. The van der Waals surface area contributed by atoms with E-state index in [2.05, 4.69) is 5.32 Å². The monoisotopic (exact) mass is 242 g/mol. The number of hydrogen-bond donors (Lipinski definition) is 3. The summed E-state index contributed by atoms with van der Waals surface area (Å²) in [5.74, 6) is -0.951. The van der Waals surface area contributed by atoms with Crippen molar-refractivity contribution in [2.45, 2.75) is 43.9 Å². The highest BCUT2D eigenvalue weighted by Gasteiger charge is 2.38. The van der Waals surface area contributed by atoms with Crippen molar-refractivity contribution in [1.29, 1.82) is 0 Å². The van der Waals surface area contributed by atoms with Crippen LogP contribution in [0.5, 0.6) is 0 Å². The van der Waals surface area contributed by atoms with Crippen LogP contribution in [-0.4, -0.2) is 58.3 Å². The number of nitrogens with one attached hydrogen (secondary N) is 1. The standard InChI is InChI=1S/C11H18N2O4/c14-8-5-9(12-6-8)11(17)13(7-1-2-7)4-3-10(15)16/h7-9,12,14H,1-6H2,(H,15,16). The van der Waals surface area contributed by atoms with Crippen molar-refractivity contribution in [1.82, 2.24) is 10.2 Å². The van der Waals surface area contributed by atoms with Crippen molar-refractivity contribution < 1.29 is 19.8 Å². The maximum atomic E-state index is 12.1. The van der Waals surface area contributed by atoms with Gasteiger partial charge < -0.3 is 20.4 Å². The topological polar surface area (TPSA) is 89.9 Å². The van der Waals surface area contributed by atoms with Gasteiger partial charge in [0.15, 0.2) is 0 Å². The smallest absolute Gasteiger partial charge is 0.305 e. The van der Waals surface area contributed by atoms with Crippen molar-refractivity contribution in [3.8, 4) is 0 Å². The molecule has 6 heteroatoms. The number of aliphatic carboxylic acids is 1. The van der Waals surface area contributed by atoms with Gasteiger partial charge in [-0.3, -0.25) is 9.59 Å². The van der Waals surface area contributed by atoms with E-state index >= 15 is 0 Å². The summed E-state index contributed by atoms with van der Waals surface area (Å²) in [7, 11) is 0. The van der Waals surface area contributed by atoms with E-state index in [0.717, 1.165) is 12.8 Å². The van der Waals surface area contributed by atoms with Crippen LogP contribution >= 0.6 is 0 Å². The number of amides is 1. The first-order valence-electron chi connectivity index (χ1n) is 6.01.